The third kappa shape index (κ3) is 2.68. The summed E-state index contributed by atoms with van der Waals surface area (Å²) in [5.41, 5.74) is -2.17. The first-order valence-electron chi connectivity index (χ1n) is 6.18. The molecule has 2 rings (SSSR count). The van der Waals surface area contributed by atoms with Crippen molar-refractivity contribution in [3.8, 4) is 22.9 Å². The number of aryl methyl sites for hydroxylation is 1. The number of ether oxygens (including phenoxy) is 1. The summed E-state index contributed by atoms with van der Waals surface area (Å²) >= 11 is 0. The number of hydrogen-bond donors (Lipinski definition) is 1. The summed E-state index contributed by atoms with van der Waals surface area (Å²) in [6, 6.07) is 6.42. The standard InChI is InChI=1S/C15H11F3N2O2/c1-8-6-9(10(7-19)14(21)20-8)13-11(15(16,17)18)4-3-5-12(13)22-2/h3-6H,1-2H3,(H,20,21). The lowest BCUT2D eigenvalue weighted by Crippen LogP contribution is -2.15. The molecule has 1 N–H and O–H groups in total. The average molecular weight is 308 g/mol. The van der Waals surface area contributed by atoms with Gasteiger partial charge in [-0.3, -0.25) is 4.79 Å². The van der Waals surface area contributed by atoms with Crippen LogP contribution in [0.1, 0.15) is 16.8 Å². The van der Waals surface area contributed by atoms with Gasteiger partial charge in [0.2, 0.25) is 0 Å². The Morgan fingerprint density at radius 2 is 2.00 bits per heavy atom. The Balaban J connectivity index is 2.95. The monoisotopic (exact) mass is 308 g/mol. The van der Waals surface area contributed by atoms with Crippen molar-refractivity contribution in [3.05, 3.63) is 51.4 Å². The van der Waals surface area contributed by atoms with E-state index in [9.17, 15) is 18.0 Å². The third-order valence-corrected chi connectivity index (χ3v) is 3.10. The Morgan fingerprint density at radius 1 is 1.32 bits per heavy atom. The van der Waals surface area contributed by atoms with Crippen LogP contribution in [0.4, 0.5) is 13.2 Å². The third-order valence-electron chi connectivity index (χ3n) is 3.10. The van der Waals surface area contributed by atoms with Crippen molar-refractivity contribution in [2.45, 2.75) is 13.1 Å². The zero-order valence-electron chi connectivity index (χ0n) is 11.7. The van der Waals surface area contributed by atoms with Crippen LogP contribution in [0, 0.1) is 18.3 Å². The van der Waals surface area contributed by atoms with Crippen molar-refractivity contribution in [2.75, 3.05) is 7.11 Å². The Bertz CT molecular complexity index is 817. The number of rotatable bonds is 2. The van der Waals surface area contributed by atoms with Gasteiger partial charge in [-0.15, -0.1) is 0 Å². The zero-order valence-corrected chi connectivity index (χ0v) is 11.7. The fourth-order valence-corrected chi connectivity index (χ4v) is 2.21. The molecule has 0 aliphatic carbocycles. The van der Waals surface area contributed by atoms with Gasteiger partial charge >= 0.3 is 6.18 Å². The van der Waals surface area contributed by atoms with E-state index in [2.05, 4.69) is 4.98 Å². The molecule has 0 unspecified atom stereocenters. The Kier molecular flexibility index (Phi) is 3.95. The molecule has 0 bridgehead atoms. The number of aromatic nitrogens is 1. The molecular formula is C15H11F3N2O2. The zero-order chi connectivity index (χ0) is 16.5. The number of methoxy groups -OCH3 is 1. The Hall–Kier alpha value is -2.75. The van der Waals surface area contributed by atoms with Gasteiger partial charge in [-0.05, 0) is 25.1 Å². The van der Waals surface area contributed by atoms with Gasteiger partial charge in [-0.1, -0.05) is 6.07 Å². The molecule has 0 aliphatic heterocycles. The second kappa shape index (κ2) is 5.56. The molecule has 0 fully saturated rings. The lowest BCUT2D eigenvalue weighted by atomic mass is 9.95. The van der Waals surface area contributed by atoms with Crippen LogP contribution in [-0.2, 0) is 6.18 Å². The molecular weight excluding hydrogens is 297 g/mol. The molecule has 1 heterocycles. The van der Waals surface area contributed by atoms with Crippen molar-refractivity contribution in [3.63, 3.8) is 0 Å². The summed E-state index contributed by atoms with van der Waals surface area (Å²) in [6.07, 6.45) is -4.65. The van der Waals surface area contributed by atoms with Crippen LogP contribution in [0.2, 0.25) is 0 Å². The maximum atomic E-state index is 13.3. The van der Waals surface area contributed by atoms with E-state index in [4.69, 9.17) is 10.00 Å². The summed E-state index contributed by atoms with van der Waals surface area (Å²) in [7, 11) is 1.23. The van der Waals surface area contributed by atoms with Gasteiger partial charge in [0, 0.05) is 16.8 Å². The molecule has 0 aliphatic rings. The largest absolute Gasteiger partial charge is 0.496 e. The highest BCUT2D eigenvalue weighted by molar-refractivity contribution is 5.79. The fraction of sp³-hybridized carbons (Fsp3) is 0.200. The van der Waals surface area contributed by atoms with Crippen LogP contribution in [0.5, 0.6) is 5.75 Å². The first-order valence-corrected chi connectivity index (χ1v) is 6.18. The molecule has 0 amide bonds. The number of H-pyrrole nitrogens is 1. The summed E-state index contributed by atoms with van der Waals surface area (Å²) in [5, 5.41) is 9.12. The second-order valence-corrected chi connectivity index (χ2v) is 4.56. The number of nitrogens with zero attached hydrogens (tertiary/aromatic N) is 1. The molecule has 4 nitrogen and oxygen atoms in total. The predicted molar refractivity (Wildman–Crippen MR) is 73.5 cm³/mol. The highest BCUT2D eigenvalue weighted by Crippen LogP contribution is 2.42. The number of pyridine rings is 1. The number of alkyl halides is 3. The number of hydrogen-bond acceptors (Lipinski definition) is 3. The maximum Gasteiger partial charge on any atom is 0.417 e. The number of nitrogens with one attached hydrogen (secondary N) is 1. The highest BCUT2D eigenvalue weighted by atomic mass is 19.4. The van der Waals surface area contributed by atoms with Crippen molar-refractivity contribution in [1.29, 1.82) is 5.26 Å². The normalized spacial score (nSPS) is 11.1. The van der Waals surface area contributed by atoms with Crippen molar-refractivity contribution in [1.82, 2.24) is 4.98 Å². The molecule has 7 heteroatoms. The van der Waals surface area contributed by atoms with Crippen molar-refractivity contribution in [2.24, 2.45) is 0 Å². The molecule has 0 atom stereocenters. The highest BCUT2D eigenvalue weighted by Gasteiger charge is 2.36. The van der Waals surface area contributed by atoms with Crippen LogP contribution < -0.4 is 10.3 Å². The molecule has 0 saturated carbocycles. The van der Waals surface area contributed by atoms with E-state index in [0.717, 1.165) is 6.07 Å². The van der Waals surface area contributed by atoms with Crippen molar-refractivity contribution < 1.29 is 17.9 Å². The van der Waals surface area contributed by atoms with Gasteiger partial charge in [-0.2, -0.15) is 18.4 Å². The molecule has 114 valence electrons. The lowest BCUT2D eigenvalue weighted by molar-refractivity contribution is -0.137. The van der Waals surface area contributed by atoms with Crippen LogP contribution in [0.3, 0.4) is 0 Å². The summed E-state index contributed by atoms with van der Waals surface area (Å²) < 4.78 is 44.8. The average Bonchev–Trinajstić information content (AvgIpc) is 2.44. The number of halogens is 3. The molecule has 0 spiro atoms. The number of aromatic amines is 1. The van der Waals surface area contributed by atoms with Crippen LogP contribution in [0.15, 0.2) is 29.1 Å². The van der Waals surface area contributed by atoms with Gasteiger partial charge < -0.3 is 9.72 Å². The number of benzene rings is 1. The molecule has 2 aromatic rings. The quantitative estimate of drug-likeness (QED) is 0.926. The van der Waals surface area contributed by atoms with Gasteiger partial charge in [0.15, 0.2) is 0 Å². The van der Waals surface area contributed by atoms with E-state index in [1.807, 2.05) is 0 Å². The minimum Gasteiger partial charge on any atom is -0.496 e. The molecule has 0 radical (unpaired) electrons. The molecule has 1 aromatic carbocycles. The topological polar surface area (TPSA) is 65.9 Å². The first kappa shape index (κ1) is 15.6. The molecule has 0 saturated heterocycles. The van der Waals surface area contributed by atoms with Gasteiger partial charge in [0.25, 0.3) is 5.56 Å². The number of nitriles is 1. The van der Waals surface area contributed by atoms with E-state index in [0.29, 0.717) is 5.69 Å². The fourth-order valence-electron chi connectivity index (χ4n) is 2.21. The smallest absolute Gasteiger partial charge is 0.417 e. The Labute approximate surface area is 123 Å². The SMILES string of the molecule is COc1cccc(C(F)(F)F)c1-c1cc(C)[nH]c(=O)c1C#N. The van der Waals surface area contributed by atoms with E-state index in [1.54, 1.807) is 6.07 Å². The predicted octanol–water partition coefficient (Wildman–Crippen LogP) is 3.25. The lowest BCUT2D eigenvalue weighted by Gasteiger charge is -2.17. The van der Waals surface area contributed by atoms with Crippen LogP contribution in [-0.4, -0.2) is 12.1 Å². The first-order chi connectivity index (χ1) is 10.3. The summed E-state index contributed by atoms with van der Waals surface area (Å²) in [5.74, 6) is -0.0590. The Morgan fingerprint density at radius 3 is 2.55 bits per heavy atom. The van der Waals surface area contributed by atoms with E-state index < -0.39 is 17.3 Å². The minimum absolute atomic E-state index is 0.0590. The van der Waals surface area contributed by atoms with Gasteiger partial charge in [0.05, 0.1) is 12.7 Å². The maximum absolute atomic E-state index is 13.3. The van der Waals surface area contributed by atoms with E-state index in [1.165, 1.54) is 32.2 Å². The molecule has 22 heavy (non-hydrogen) atoms. The van der Waals surface area contributed by atoms with Crippen LogP contribution >= 0.6 is 0 Å². The van der Waals surface area contributed by atoms with Crippen molar-refractivity contribution >= 4 is 0 Å². The molecule has 1 aromatic heterocycles. The second-order valence-electron chi connectivity index (χ2n) is 4.56. The van der Waals surface area contributed by atoms with E-state index >= 15 is 0 Å². The van der Waals surface area contributed by atoms with E-state index in [-0.39, 0.29) is 22.4 Å². The summed E-state index contributed by atoms with van der Waals surface area (Å²) in [4.78, 5) is 14.2. The summed E-state index contributed by atoms with van der Waals surface area (Å²) in [6.45, 7) is 1.52. The van der Waals surface area contributed by atoms with Gasteiger partial charge in [-0.25, -0.2) is 0 Å². The van der Waals surface area contributed by atoms with Gasteiger partial charge in [0.1, 0.15) is 17.4 Å². The van der Waals surface area contributed by atoms with Crippen LogP contribution in [0.25, 0.3) is 11.1 Å². The minimum atomic E-state index is -4.65.